The zero-order chi connectivity index (χ0) is 15.6. The first kappa shape index (κ1) is 16.2. The first-order valence-corrected chi connectivity index (χ1v) is 9.17. The van der Waals surface area contributed by atoms with Crippen LogP contribution >= 0.6 is 10.7 Å². The normalized spacial score (nSPS) is 15.0. The summed E-state index contributed by atoms with van der Waals surface area (Å²) in [5, 5.41) is 0. The molecule has 0 unspecified atom stereocenters. The van der Waals surface area contributed by atoms with E-state index in [2.05, 4.69) is 0 Å². The van der Waals surface area contributed by atoms with Crippen LogP contribution in [0.25, 0.3) is 0 Å². The molecule has 0 bridgehead atoms. The third-order valence-electron chi connectivity index (χ3n) is 3.41. The molecule has 0 spiro atoms. The molecular weight excluding hydrogens is 317 g/mol. The molecule has 1 fully saturated rings. The highest BCUT2D eigenvalue weighted by Gasteiger charge is 2.28. The molecule has 0 aliphatic heterocycles. The summed E-state index contributed by atoms with van der Waals surface area (Å²) in [6.45, 7) is 3.14. The van der Waals surface area contributed by atoms with Crippen LogP contribution in [0.2, 0.25) is 0 Å². The largest absolute Gasteiger partial charge is 0.338 e. The molecule has 0 aromatic heterocycles. The molecule has 1 aromatic rings. The van der Waals surface area contributed by atoms with Gasteiger partial charge < -0.3 is 4.90 Å². The summed E-state index contributed by atoms with van der Waals surface area (Å²) in [4.78, 5) is 13.7. The van der Waals surface area contributed by atoms with Crippen LogP contribution in [-0.4, -0.2) is 32.3 Å². The van der Waals surface area contributed by atoms with E-state index in [0.29, 0.717) is 19.0 Å². The molecule has 0 saturated heterocycles. The van der Waals surface area contributed by atoms with Crippen LogP contribution in [0.4, 0.5) is 4.39 Å². The molecule has 7 heteroatoms. The van der Waals surface area contributed by atoms with Gasteiger partial charge >= 0.3 is 0 Å². The molecule has 1 aromatic carbocycles. The second kappa shape index (κ2) is 6.32. The van der Waals surface area contributed by atoms with Gasteiger partial charge in [0, 0.05) is 23.8 Å². The lowest BCUT2D eigenvalue weighted by Gasteiger charge is -2.22. The van der Waals surface area contributed by atoms with E-state index < -0.39 is 20.8 Å². The van der Waals surface area contributed by atoms with Crippen molar-refractivity contribution in [1.82, 2.24) is 4.90 Å². The van der Waals surface area contributed by atoms with Gasteiger partial charge in [0.25, 0.3) is 15.0 Å². The van der Waals surface area contributed by atoms with Crippen molar-refractivity contribution in [3.05, 3.63) is 29.6 Å². The Labute approximate surface area is 128 Å². The van der Waals surface area contributed by atoms with Gasteiger partial charge in [-0.2, -0.15) is 0 Å². The van der Waals surface area contributed by atoms with E-state index in [-0.39, 0.29) is 10.5 Å². The van der Waals surface area contributed by atoms with Crippen LogP contribution in [0.3, 0.4) is 0 Å². The summed E-state index contributed by atoms with van der Waals surface area (Å²) in [5.74, 6) is -0.760. The van der Waals surface area contributed by atoms with Crippen LogP contribution in [0.5, 0.6) is 0 Å². The Morgan fingerprint density at radius 2 is 2.10 bits per heavy atom. The molecule has 21 heavy (non-hydrogen) atoms. The quantitative estimate of drug-likeness (QED) is 0.752. The number of rotatable bonds is 6. The van der Waals surface area contributed by atoms with Crippen molar-refractivity contribution in [1.29, 1.82) is 0 Å². The van der Waals surface area contributed by atoms with Crippen LogP contribution in [0, 0.1) is 11.7 Å². The minimum atomic E-state index is -4.00. The maximum Gasteiger partial charge on any atom is 0.261 e. The molecule has 0 heterocycles. The second-order valence-electron chi connectivity index (χ2n) is 5.27. The van der Waals surface area contributed by atoms with E-state index in [1.165, 1.54) is 6.07 Å². The number of carbonyl (C=O) groups is 1. The maximum absolute atomic E-state index is 14.0. The van der Waals surface area contributed by atoms with Crippen LogP contribution < -0.4 is 0 Å². The number of hydrogen-bond donors (Lipinski definition) is 0. The maximum atomic E-state index is 14.0. The van der Waals surface area contributed by atoms with E-state index in [1.54, 1.807) is 4.90 Å². The summed E-state index contributed by atoms with van der Waals surface area (Å²) < 4.78 is 36.3. The van der Waals surface area contributed by atoms with Crippen molar-refractivity contribution in [2.24, 2.45) is 5.92 Å². The lowest BCUT2D eigenvalue weighted by molar-refractivity contribution is 0.0743. The molecule has 1 saturated carbocycles. The van der Waals surface area contributed by atoms with Gasteiger partial charge in [-0.25, -0.2) is 12.8 Å². The summed E-state index contributed by atoms with van der Waals surface area (Å²) in [7, 11) is 1.16. The van der Waals surface area contributed by atoms with Gasteiger partial charge in [-0.3, -0.25) is 4.79 Å². The fourth-order valence-electron chi connectivity index (χ4n) is 2.15. The fourth-order valence-corrected chi connectivity index (χ4v) is 2.91. The van der Waals surface area contributed by atoms with E-state index in [1.807, 2.05) is 6.92 Å². The predicted octanol–water partition coefficient (Wildman–Crippen LogP) is 3.02. The first-order chi connectivity index (χ1) is 9.82. The van der Waals surface area contributed by atoms with E-state index in [0.717, 1.165) is 31.4 Å². The lowest BCUT2D eigenvalue weighted by atomic mass is 10.1. The van der Waals surface area contributed by atoms with Gasteiger partial charge in [0.05, 0.1) is 10.5 Å². The summed E-state index contributed by atoms with van der Waals surface area (Å²) in [6.07, 6.45) is 2.98. The molecule has 116 valence electrons. The van der Waals surface area contributed by atoms with E-state index in [9.17, 15) is 17.6 Å². The van der Waals surface area contributed by atoms with Crippen LogP contribution in [0.1, 0.15) is 36.5 Å². The van der Waals surface area contributed by atoms with Crippen molar-refractivity contribution < 1.29 is 17.6 Å². The lowest BCUT2D eigenvalue weighted by Crippen LogP contribution is -2.34. The molecule has 2 rings (SSSR count). The highest BCUT2D eigenvalue weighted by Crippen LogP contribution is 2.30. The Bertz CT molecular complexity index is 644. The Morgan fingerprint density at radius 3 is 2.57 bits per heavy atom. The number of hydrogen-bond acceptors (Lipinski definition) is 3. The highest BCUT2D eigenvalue weighted by molar-refractivity contribution is 8.13. The van der Waals surface area contributed by atoms with E-state index in [4.69, 9.17) is 10.7 Å². The first-order valence-electron chi connectivity index (χ1n) is 6.86. The molecular formula is C14H17ClFNO3S. The zero-order valence-corrected chi connectivity index (χ0v) is 13.3. The monoisotopic (exact) mass is 333 g/mol. The molecule has 0 radical (unpaired) electrons. The van der Waals surface area contributed by atoms with Crippen molar-refractivity contribution >= 4 is 25.6 Å². The van der Waals surface area contributed by atoms with Gasteiger partial charge in [0.15, 0.2) is 0 Å². The van der Waals surface area contributed by atoms with Crippen molar-refractivity contribution in [2.45, 2.75) is 31.1 Å². The van der Waals surface area contributed by atoms with Gasteiger partial charge in [-0.15, -0.1) is 0 Å². The predicted molar refractivity (Wildman–Crippen MR) is 78.4 cm³/mol. The van der Waals surface area contributed by atoms with Gasteiger partial charge in [-0.1, -0.05) is 6.92 Å². The molecule has 4 nitrogen and oxygen atoms in total. The van der Waals surface area contributed by atoms with Crippen LogP contribution in [0.15, 0.2) is 23.1 Å². The average Bonchev–Trinajstić information content (AvgIpc) is 3.20. The molecule has 0 N–H and O–H groups in total. The van der Waals surface area contributed by atoms with Crippen molar-refractivity contribution in [3.8, 4) is 0 Å². The van der Waals surface area contributed by atoms with Gasteiger partial charge in [-0.05, 0) is 43.4 Å². The zero-order valence-electron chi connectivity index (χ0n) is 11.7. The Hall–Kier alpha value is -1.14. The number of nitrogens with zero attached hydrogens (tertiary/aromatic N) is 1. The minimum absolute atomic E-state index is 0.117. The summed E-state index contributed by atoms with van der Waals surface area (Å²) in [5.41, 5.74) is -0.117. The average molecular weight is 334 g/mol. The SMILES string of the molecule is CCCN(CC1CC1)C(=O)c1ccc(S(=O)(=O)Cl)cc1F. The summed E-state index contributed by atoms with van der Waals surface area (Å²) >= 11 is 0. The molecule has 0 atom stereocenters. The highest BCUT2D eigenvalue weighted by atomic mass is 35.7. The third kappa shape index (κ3) is 4.17. The van der Waals surface area contributed by atoms with Crippen LogP contribution in [-0.2, 0) is 9.05 Å². The molecule has 1 aliphatic rings. The van der Waals surface area contributed by atoms with E-state index >= 15 is 0 Å². The standard InChI is InChI=1S/C14H17ClFNO3S/c1-2-7-17(9-10-3-4-10)14(18)12-6-5-11(8-13(12)16)21(15,19)20/h5-6,8,10H,2-4,7,9H2,1H3. The van der Waals surface area contributed by atoms with Gasteiger partial charge in [0.1, 0.15) is 5.82 Å². The smallest absolute Gasteiger partial charge is 0.261 e. The molecule has 1 aliphatic carbocycles. The van der Waals surface area contributed by atoms with Gasteiger partial charge in [0.2, 0.25) is 0 Å². The number of amides is 1. The third-order valence-corrected chi connectivity index (χ3v) is 4.76. The summed E-state index contributed by atoms with van der Waals surface area (Å²) in [6, 6.07) is 3.12. The molecule has 1 amide bonds. The Balaban J connectivity index is 2.24. The Kier molecular flexibility index (Phi) is 4.88. The van der Waals surface area contributed by atoms with Crippen molar-refractivity contribution in [2.75, 3.05) is 13.1 Å². The fraction of sp³-hybridized carbons (Fsp3) is 0.500. The topological polar surface area (TPSA) is 54.5 Å². The number of halogens is 2. The second-order valence-corrected chi connectivity index (χ2v) is 7.84. The minimum Gasteiger partial charge on any atom is -0.338 e. The number of benzene rings is 1. The van der Waals surface area contributed by atoms with Crippen molar-refractivity contribution in [3.63, 3.8) is 0 Å². The Morgan fingerprint density at radius 1 is 1.43 bits per heavy atom. The number of carbonyl (C=O) groups excluding carboxylic acids is 1.